The highest BCUT2D eigenvalue weighted by Crippen LogP contribution is 2.66. The van der Waals surface area contributed by atoms with E-state index in [1.807, 2.05) is 6.08 Å². The fourth-order valence-corrected chi connectivity index (χ4v) is 8.00. The maximum absolute atomic E-state index is 13.4. The summed E-state index contributed by atoms with van der Waals surface area (Å²) in [4.78, 5) is 24.5. The monoisotopic (exact) mass is 399 g/mol. The molecule has 3 saturated carbocycles. The van der Waals surface area contributed by atoms with Gasteiger partial charge in [0.05, 0.1) is 6.04 Å². The standard InChI is InChI=1S/C26H41NO2/c1-17(2)7-5-6-8-18-9-10-21-24-22(12-14-25(18,21)3)26(4)13-11-20(27-29)15-19(26)16-23(24)28/h16-18,20-22,24H,5-15H2,1-4H3/t18-,20?,21?,22?,24?,25+,26-/m0/s1. The van der Waals surface area contributed by atoms with Crippen LogP contribution in [0.1, 0.15) is 98.3 Å². The first-order valence-electron chi connectivity index (χ1n) is 12.4. The molecule has 4 aliphatic rings. The molecule has 0 aromatic heterocycles. The number of rotatable bonds is 6. The highest BCUT2D eigenvalue weighted by atomic mass is 16.3. The second kappa shape index (κ2) is 7.93. The molecule has 0 bridgehead atoms. The number of fused-ring (bicyclic) bond motifs is 5. The number of carbonyl (C=O) groups is 1. The number of carbonyl (C=O) groups excluding carboxylic acids is 1. The summed E-state index contributed by atoms with van der Waals surface area (Å²) in [5, 5.41) is 3.32. The summed E-state index contributed by atoms with van der Waals surface area (Å²) < 4.78 is 0. The smallest absolute Gasteiger partial charge is 0.159 e. The highest BCUT2D eigenvalue weighted by Gasteiger charge is 2.60. The van der Waals surface area contributed by atoms with Gasteiger partial charge in [-0.05, 0) is 91.9 Å². The summed E-state index contributed by atoms with van der Waals surface area (Å²) in [6.45, 7) is 9.56. The number of nitroso groups, excluding NO2 is 1. The van der Waals surface area contributed by atoms with Gasteiger partial charge in [-0.15, -0.1) is 0 Å². The Hall–Kier alpha value is -0.990. The van der Waals surface area contributed by atoms with Crippen molar-refractivity contribution >= 4 is 5.78 Å². The van der Waals surface area contributed by atoms with Crippen molar-refractivity contribution in [3.63, 3.8) is 0 Å². The Bertz CT molecular complexity index is 682. The zero-order chi connectivity index (χ0) is 20.8. The summed E-state index contributed by atoms with van der Waals surface area (Å²) in [6.07, 6.45) is 15.1. The fourth-order valence-electron chi connectivity index (χ4n) is 8.00. The molecule has 0 saturated heterocycles. The SMILES string of the molecule is CC(C)CCCC[C@H]1CCC2C3C(=O)C=C4CC(N=O)CC[C@]4(C)C3CC[C@@]21C. The van der Waals surface area contributed by atoms with Gasteiger partial charge in [-0.25, -0.2) is 0 Å². The van der Waals surface area contributed by atoms with Crippen molar-refractivity contribution in [2.24, 2.45) is 45.6 Å². The van der Waals surface area contributed by atoms with E-state index in [2.05, 4.69) is 32.9 Å². The number of hydrogen-bond acceptors (Lipinski definition) is 3. The highest BCUT2D eigenvalue weighted by molar-refractivity contribution is 5.94. The molecule has 0 N–H and O–H groups in total. The lowest BCUT2D eigenvalue weighted by Gasteiger charge is -2.57. The first-order valence-corrected chi connectivity index (χ1v) is 12.4. The van der Waals surface area contributed by atoms with Gasteiger partial charge >= 0.3 is 0 Å². The summed E-state index contributed by atoms with van der Waals surface area (Å²) in [7, 11) is 0. The Morgan fingerprint density at radius 2 is 1.86 bits per heavy atom. The molecule has 0 aliphatic heterocycles. The lowest BCUT2D eigenvalue weighted by molar-refractivity contribution is -0.133. The molecule has 3 fully saturated rings. The average molecular weight is 400 g/mol. The zero-order valence-electron chi connectivity index (χ0n) is 19.1. The van der Waals surface area contributed by atoms with Gasteiger partial charge in [-0.2, -0.15) is 4.91 Å². The summed E-state index contributed by atoms with van der Waals surface area (Å²) in [5.41, 5.74) is 1.72. The minimum absolute atomic E-state index is 0.116. The van der Waals surface area contributed by atoms with Crippen LogP contribution in [-0.2, 0) is 4.79 Å². The van der Waals surface area contributed by atoms with Gasteiger partial charge in [0.1, 0.15) is 0 Å². The minimum atomic E-state index is -0.116. The van der Waals surface area contributed by atoms with Gasteiger partial charge in [0, 0.05) is 5.92 Å². The first-order chi connectivity index (χ1) is 13.8. The summed E-state index contributed by atoms with van der Waals surface area (Å²) >= 11 is 0. The van der Waals surface area contributed by atoms with Crippen LogP contribution in [0.3, 0.4) is 0 Å². The Balaban J connectivity index is 1.51. The number of ketones is 1. The second-order valence-electron chi connectivity index (χ2n) is 11.7. The largest absolute Gasteiger partial charge is 0.295 e. The van der Waals surface area contributed by atoms with E-state index in [-0.39, 0.29) is 17.4 Å². The maximum Gasteiger partial charge on any atom is 0.159 e. The predicted molar refractivity (Wildman–Crippen MR) is 118 cm³/mol. The molecule has 0 radical (unpaired) electrons. The molecule has 0 amide bonds. The van der Waals surface area contributed by atoms with Crippen LogP contribution >= 0.6 is 0 Å². The molecule has 162 valence electrons. The normalized spacial score (nSPS) is 44.1. The molecule has 7 atom stereocenters. The quantitative estimate of drug-likeness (QED) is 0.353. The van der Waals surface area contributed by atoms with Crippen LogP contribution in [0, 0.1) is 45.3 Å². The van der Waals surface area contributed by atoms with E-state index in [9.17, 15) is 9.70 Å². The lowest BCUT2D eigenvalue weighted by atomic mass is 9.47. The molecule has 4 rings (SSSR count). The van der Waals surface area contributed by atoms with Crippen molar-refractivity contribution < 1.29 is 4.79 Å². The predicted octanol–water partition coefficient (Wildman–Crippen LogP) is 7.10. The molecular formula is C26H41NO2. The van der Waals surface area contributed by atoms with Crippen molar-refractivity contribution in [1.82, 2.24) is 0 Å². The van der Waals surface area contributed by atoms with E-state index < -0.39 is 0 Å². The van der Waals surface area contributed by atoms with Crippen LogP contribution < -0.4 is 0 Å². The number of hydrogen-bond donors (Lipinski definition) is 0. The second-order valence-corrected chi connectivity index (χ2v) is 11.7. The Kier molecular flexibility index (Phi) is 5.81. The fraction of sp³-hybridized carbons (Fsp3) is 0.885. The van der Waals surface area contributed by atoms with Crippen molar-refractivity contribution in [2.45, 2.75) is 104 Å². The van der Waals surface area contributed by atoms with Crippen molar-refractivity contribution in [3.05, 3.63) is 16.6 Å². The first kappa shape index (κ1) is 21.2. The molecule has 0 aromatic rings. The maximum atomic E-state index is 13.4. The summed E-state index contributed by atoms with van der Waals surface area (Å²) in [6, 6.07) is -0.116. The third kappa shape index (κ3) is 3.55. The van der Waals surface area contributed by atoms with E-state index in [0.29, 0.717) is 23.0 Å². The molecule has 0 heterocycles. The van der Waals surface area contributed by atoms with Gasteiger partial charge < -0.3 is 0 Å². The summed E-state index contributed by atoms with van der Waals surface area (Å²) in [5.74, 6) is 3.28. The third-order valence-electron chi connectivity index (χ3n) is 9.85. The van der Waals surface area contributed by atoms with Crippen LogP contribution in [0.15, 0.2) is 16.8 Å². The van der Waals surface area contributed by atoms with E-state index in [1.54, 1.807) is 0 Å². The lowest BCUT2D eigenvalue weighted by Crippen LogP contribution is -2.53. The van der Waals surface area contributed by atoms with Gasteiger partial charge in [0.25, 0.3) is 0 Å². The molecule has 3 nitrogen and oxygen atoms in total. The molecule has 0 aromatic carbocycles. The Morgan fingerprint density at radius 1 is 1.07 bits per heavy atom. The van der Waals surface area contributed by atoms with Crippen LogP contribution in [0.5, 0.6) is 0 Å². The molecular weight excluding hydrogens is 358 g/mol. The van der Waals surface area contributed by atoms with E-state index in [0.717, 1.165) is 31.1 Å². The zero-order valence-corrected chi connectivity index (χ0v) is 19.1. The van der Waals surface area contributed by atoms with Crippen molar-refractivity contribution in [1.29, 1.82) is 0 Å². The third-order valence-corrected chi connectivity index (χ3v) is 9.85. The van der Waals surface area contributed by atoms with Crippen LogP contribution in [-0.4, -0.2) is 11.8 Å². The van der Waals surface area contributed by atoms with Gasteiger partial charge in [-0.3, -0.25) is 4.79 Å². The molecule has 0 spiro atoms. The molecule has 3 heteroatoms. The minimum Gasteiger partial charge on any atom is -0.295 e. The van der Waals surface area contributed by atoms with Gasteiger partial charge in [-0.1, -0.05) is 57.7 Å². The Morgan fingerprint density at radius 3 is 2.59 bits per heavy atom. The Labute approximate surface area is 177 Å². The van der Waals surface area contributed by atoms with Crippen LogP contribution in [0.2, 0.25) is 0 Å². The number of nitrogens with zero attached hydrogens (tertiary/aromatic N) is 1. The molecule has 29 heavy (non-hydrogen) atoms. The van der Waals surface area contributed by atoms with Crippen molar-refractivity contribution in [3.8, 4) is 0 Å². The molecule has 4 aliphatic carbocycles. The van der Waals surface area contributed by atoms with Crippen molar-refractivity contribution in [2.75, 3.05) is 0 Å². The van der Waals surface area contributed by atoms with Gasteiger partial charge in [0.15, 0.2) is 5.78 Å². The topological polar surface area (TPSA) is 46.5 Å². The van der Waals surface area contributed by atoms with Crippen LogP contribution in [0.25, 0.3) is 0 Å². The van der Waals surface area contributed by atoms with E-state index in [1.165, 1.54) is 56.9 Å². The van der Waals surface area contributed by atoms with Crippen LogP contribution in [0.4, 0.5) is 0 Å². The number of unbranched alkanes of at least 4 members (excludes halogenated alkanes) is 1. The average Bonchev–Trinajstić information content (AvgIpc) is 3.01. The van der Waals surface area contributed by atoms with Gasteiger partial charge in [0.2, 0.25) is 0 Å². The number of allylic oxidation sites excluding steroid dienone is 1. The molecule has 4 unspecified atom stereocenters. The van der Waals surface area contributed by atoms with E-state index in [4.69, 9.17) is 0 Å². The van der Waals surface area contributed by atoms with E-state index >= 15 is 0 Å².